The Balaban J connectivity index is 3.72. The SMILES string of the molecule is CC(=O)NCCNS(=O)(=O)C(C)C. The number of nitrogens with one attached hydrogen (secondary N) is 2. The zero-order valence-electron chi connectivity index (χ0n) is 8.12. The lowest BCUT2D eigenvalue weighted by atomic mass is 10.6. The van der Waals surface area contributed by atoms with Gasteiger partial charge < -0.3 is 5.32 Å². The number of sulfonamides is 1. The lowest BCUT2D eigenvalue weighted by molar-refractivity contribution is -0.118. The van der Waals surface area contributed by atoms with E-state index in [9.17, 15) is 13.2 Å². The van der Waals surface area contributed by atoms with E-state index in [1.807, 2.05) is 0 Å². The molecule has 2 N–H and O–H groups in total. The lowest BCUT2D eigenvalue weighted by Crippen LogP contribution is -2.37. The maximum absolute atomic E-state index is 11.2. The van der Waals surface area contributed by atoms with Crippen molar-refractivity contribution in [1.82, 2.24) is 10.0 Å². The maximum atomic E-state index is 11.2. The van der Waals surface area contributed by atoms with Gasteiger partial charge in [0.25, 0.3) is 0 Å². The van der Waals surface area contributed by atoms with E-state index in [4.69, 9.17) is 0 Å². The van der Waals surface area contributed by atoms with E-state index in [1.165, 1.54) is 6.92 Å². The van der Waals surface area contributed by atoms with Crippen LogP contribution in [0.3, 0.4) is 0 Å². The van der Waals surface area contributed by atoms with Gasteiger partial charge in [-0.05, 0) is 13.8 Å². The Bertz CT molecular complexity index is 259. The smallest absolute Gasteiger partial charge is 0.216 e. The third-order valence-corrected chi connectivity index (χ3v) is 3.27. The first-order valence-electron chi connectivity index (χ1n) is 4.09. The molecule has 0 aromatic carbocycles. The van der Waals surface area contributed by atoms with Crippen molar-refractivity contribution >= 4 is 15.9 Å². The molecule has 0 bridgehead atoms. The predicted molar refractivity (Wildman–Crippen MR) is 50.7 cm³/mol. The highest BCUT2D eigenvalue weighted by molar-refractivity contribution is 7.90. The molecule has 0 saturated carbocycles. The molecule has 0 aliphatic rings. The minimum Gasteiger partial charge on any atom is -0.355 e. The van der Waals surface area contributed by atoms with Gasteiger partial charge in [-0.25, -0.2) is 13.1 Å². The first-order valence-corrected chi connectivity index (χ1v) is 5.64. The summed E-state index contributed by atoms with van der Waals surface area (Å²) in [6, 6.07) is 0. The van der Waals surface area contributed by atoms with Crippen molar-refractivity contribution in [2.24, 2.45) is 0 Å². The van der Waals surface area contributed by atoms with Crippen LogP contribution in [0.2, 0.25) is 0 Å². The summed E-state index contributed by atoms with van der Waals surface area (Å²) in [5, 5.41) is 2.05. The van der Waals surface area contributed by atoms with E-state index in [1.54, 1.807) is 13.8 Å². The molecule has 0 aromatic rings. The fraction of sp³-hybridized carbons (Fsp3) is 0.857. The topological polar surface area (TPSA) is 75.3 Å². The summed E-state index contributed by atoms with van der Waals surface area (Å²) in [5.74, 6) is -0.163. The van der Waals surface area contributed by atoms with Gasteiger partial charge in [0.1, 0.15) is 0 Å². The fourth-order valence-electron chi connectivity index (χ4n) is 0.598. The molecule has 0 unspecified atom stereocenters. The molecule has 0 rings (SSSR count). The molecule has 0 atom stereocenters. The number of carbonyl (C=O) groups is 1. The number of amides is 1. The predicted octanol–water partition coefficient (Wildman–Crippen LogP) is -0.550. The quantitative estimate of drug-likeness (QED) is 0.595. The number of rotatable bonds is 5. The Morgan fingerprint density at radius 1 is 1.31 bits per heavy atom. The van der Waals surface area contributed by atoms with E-state index in [0.717, 1.165) is 0 Å². The third kappa shape index (κ3) is 5.59. The third-order valence-electron chi connectivity index (χ3n) is 1.42. The Morgan fingerprint density at radius 3 is 2.23 bits per heavy atom. The van der Waals surface area contributed by atoms with Crippen LogP contribution in [0.15, 0.2) is 0 Å². The van der Waals surface area contributed by atoms with Crippen molar-refractivity contribution in [3.63, 3.8) is 0 Å². The summed E-state index contributed by atoms with van der Waals surface area (Å²) < 4.78 is 24.7. The normalized spacial score (nSPS) is 11.7. The first-order chi connectivity index (χ1) is 5.86. The van der Waals surface area contributed by atoms with Crippen LogP contribution in [0.25, 0.3) is 0 Å². The second-order valence-corrected chi connectivity index (χ2v) is 5.29. The van der Waals surface area contributed by atoms with E-state index < -0.39 is 15.3 Å². The minimum atomic E-state index is -3.20. The molecule has 0 heterocycles. The largest absolute Gasteiger partial charge is 0.355 e. The van der Waals surface area contributed by atoms with Gasteiger partial charge in [0, 0.05) is 20.0 Å². The van der Waals surface area contributed by atoms with Gasteiger partial charge in [-0.3, -0.25) is 4.79 Å². The average molecular weight is 208 g/mol. The van der Waals surface area contributed by atoms with Crippen LogP contribution < -0.4 is 10.0 Å². The zero-order valence-corrected chi connectivity index (χ0v) is 8.94. The molecular weight excluding hydrogens is 192 g/mol. The van der Waals surface area contributed by atoms with Crippen LogP contribution in [0, 0.1) is 0 Å². The van der Waals surface area contributed by atoms with Crippen molar-refractivity contribution in [2.45, 2.75) is 26.0 Å². The molecule has 0 saturated heterocycles. The summed E-state index contributed by atoms with van der Waals surface area (Å²) in [6.07, 6.45) is 0. The molecule has 0 aliphatic heterocycles. The summed E-state index contributed by atoms with van der Waals surface area (Å²) in [6.45, 7) is 5.14. The highest BCUT2D eigenvalue weighted by atomic mass is 32.2. The maximum Gasteiger partial charge on any atom is 0.216 e. The van der Waals surface area contributed by atoms with Gasteiger partial charge in [0.15, 0.2) is 0 Å². The molecule has 6 heteroatoms. The average Bonchev–Trinajstić information content (AvgIpc) is 1.97. The Labute approximate surface area is 79.0 Å². The van der Waals surface area contributed by atoms with Gasteiger partial charge in [0.2, 0.25) is 15.9 Å². The first kappa shape index (κ1) is 12.4. The van der Waals surface area contributed by atoms with Crippen LogP contribution in [-0.2, 0) is 14.8 Å². The second kappa shape index (κ2) is 5.18. The van der Waals surface area contributed by atoms with Gasteiger partial charge >= 0.3 is 0 Å². The Hall–Kier alpha value is -0.620. The lowest BCUT2D eigenvalue weighted by Gasteiger charge is -2.09. The van der Waals surface area contributed by atoms with Crippen LogP contribution in [0.4, 0.5) is 0 Å². The van der Waals surface area contributed by atoms with Gasteiger partial charge in [0.05, 0.1) is 5.25 Å². The Kier molecular flexibility index (Phi) is 4.94. The summed E-state index contributed by atoms with van der Waals surface area (Å²) in [5.41, 5.74) is 0. The molecule has 1 amide bonds. The second-order valence-electron chi connectivity index (χ2n) is 2.97. The van der Waals surface area contributed by atoms with Crippen LogP contribution >= 0.6 is 0 Å². The van der Waals surface area contributed by atoms with Gasteiger partial charge in [-0.1, -0.05) is 0 Å². The van der Waals surface area contributed by atoms with Crippen molar-refractivity contribution in [2.75, 3.05) is 13.1 Å². The molecule has 0 aliphatic carbocycles. The van der Waals surface area contributed by atoms with Crippen molar-refractivity contribution in [3.8, 4) is 0 Å². The number of hydrogen-bond acceptors (Lipinski definition) is 3. The monoisotopic (exact) mass is 208 g/mol. The highest BCUT2D eigenvalue weighted by Crippen LogP contribution is 1.93. The van der Waals surface area contributed by atoms with E-state index in [-0.39, 0.29) is 12.5 Å². The van der Waals surface area contributed by atoms with Crippen LogP contribution in [-0.4, -0.2) is 32.7 Å². The summed E-state index contributed by atoms with van der Waals surface area (Å²) in [4.78, 5) is 10.4. The standard InChI is InChI=1S/C7H16N2O3S/c1-6(2)13(11,12)9-5-4-8-7(3)10/h6,9H,4-5H2,1-3H3,(H,8,10). The van der Waals surface area contributed by atoms with Crippen molar-refractivity contribution < 1.29 is 13.2 Å². The van der Waals surface area contributed by atoms with Gasteiger partial charge in [-0.15, -0.1) is 0 Å². The zero-order chi connectivity index (χ0) is 10.5. The Morgan fingerprint density at radius 2 is 1.85 bits per heavy atom. The molecular formula is C7H16N2O3S. The molecule has 0 spiro atoms. The molecule has 78 valence electrons. The van der Waals surface area contributed by atoms with Gasteiger partial charge in [-0.2, -0.15) is 0 Å². The molecule has 0 fully saturated rings. The van der Waals surface area contributed by atoms with E-state index >= 15 is 0 Å². The summed E-state index contributed by atoms with van der Waals surface area (Å²) in [7, 11) is -3.20. The molecule has 5 nitrogen and oxygen atoms in total. The fourth-order valence-corrected chi connectivity index (χ4v) is 1.32. The number of carbonyl (C=O) groups excluding carboxylic acids is 1. The van der Waals surface area contributed by atoms with Crippen molar-refractivity contribution in [3.05, 3.63) is 0 Å². The number of hydrogen-bond donors (Lipinski definition) is 2. The molecule has 13 heavy (non-hydrogen) atoms. The van der Waals surface area contributed by atoms with E-state index in [2.05, 4.69) is 10.0 Å². The molecule has 0 radical (unpaired) electrons. The van der Waals surface area contributed by atoms with Crippen LogP contribution in [0.5, 0.6) is 0 Å². The highest BCUT2D eigenvalue weighted by Gasteiger charge is 2.13. The van der Waals surface area contributed by atoms with Crippen molar-refractivity contribution in [1.29, 1.82) is 0 Å². The van der Waals surface area contributed by atoms with Crippen LogP contribution in [0.1, 0.15) is 20.8 Å². The minimum absolute atomic E-state index is 0.163. The summed E-state index contributed by atoms with van der Waals surface area (Å²) >= 11 is 0. The van der Waals surface area contributed by atoms with E-state index in [0.29, 0.717) is 6.54 Å². The molecule has 0 aromatic heterocycles.